The zero-order valence-electron chi connectivity index (χ0n) is 12.3. The molecule has 16 heavy (non-hydrogen) atoms. The quantitative estimate of drug-likeness (QED) is 0.572. The Morgan fingerprint density at radius 1 is 0.812 bits per heavy atom. The molecule has 0 aromatic heterocycles. The average molecular weight is 244 g/mol. The van der Waals surface area contributed by atoms with Crippen LogP contribution in [0.15, 0.2) is 0 Å². The van der Waals surface area contributed by atoms with Crippen molar-refractivity contribution >= 4 is 8.40 Å². The van der Waals surface area contributed by atoms with E-state index < -0.39 is 8.40 Å². The van der Waals surface area contributed by atoms with Crippen molar-refractivity contribution in [1.29, 1.82) is 0 Å². The smallest absolute Gasteiger partial charge is 0.206 e. The molecule has 1 atom stereocenters. The monoisotopic (exact) mass is 244 g/mol. The maximum absolute atomic E-state index is 2.77. The van der Waals surface area contributed by atoms with Gasteiger partial charge in [-0.25, -0.2) is 0 Å². The molecule has 0 spiro atoms. The minimum atomic E-state index is -1.36. The van der Waals surface area contributed by atoms with Gasteiger partial charge in [0.2, 0.25) is 8.40 Å². The fourth-order valence-corrected chi connectivity index (χ4v) is 8.08. The maximum atomic E-state index is 2.77. The molecule has 0 aliphatic rings. The van der Waals surface area contributed by atoms with E-state index in [-0.39, 0.29) is 0 Å². The normalized spacial score (nSPS) is 15.8. The summed E-state index contributed by atoms with van der Waals surface area (Å²) in [4.78, 5) is 0. The van der Waals surface area contributed by atoms with Gasteiger partial charge in [0, 0.05) is 0 Å². The van der Waals surface area contributed by atoms with Crippen LogP contribution in [0.5, 0.6) is 0 Å². The zero-order valence-corrected chi connectivity index (χ0v) is 13.3. The summed E-state index contributed by atoms with van der Waals surface area (Å²) in [6.07, 6.45) is 4.04. The lowest BCUT2D eigenvalue weighted by molar-refractivity contribution is 0.388. The highest BCUT2D eigenvalue weighted by Crippen LogP contribution is 2.26. The van der Waals surface area contributed by atoms with E-state index in [9.17, 15) is 0 Å². The summed E-state index contributed by atoms with van der Waals surface area (Å²) in [5, 5.41) is 0. The molecule has 0 radical (unpaired) electrons. The third kappa shape index (κ3) is 3.86. The molecule has 0 aromatic carbocycles. The lowest BCUT2D eigenvalue weighted by atomic mass is 10.4. The van der Waals surface area contributed by atoms with Crippen molar-refractivity contribution in [1.82, 2.24) is 9.13 Å². The average Bonchev–Trinajstić information content (AvgIpc) is 2.26. The second-order valence-corrected chi connectivity index (χ2v) is 9.39. The van der Waals surface area contributed by atoms with Gasteiger partial charge in [0.15, 0.2) is 0 Å². The number of rotatable bonds is 9. The number of unbranched alkanes of at least 4 members (excludes halogenated alkanes) is 1. The zero-order chi connectivity index (χ0) is 12.6. The summed E-state index contributed by atoms with van der Waals surface area (Å²) < 4.78 is 5.35. The van der Waals surface area contributed by atoms with E-state index in [1.165, 1.54) is 44.4 Å². The molecule has 1 unspecified atom stereocenters. The number of hydrogen-bond donors (Lipinski definition) is 0. The van der Waals surface area contributed by atoms with Crippen LogP contribution in [0.1, 0.15) is 47.0 Å². The van der Waals surface area contributed by atoms with Crippen molar-refractivity contribution < 1.29 is 0 Å². The maximum Gasteiger partial charge on any atom is 0.206 e. The van der Waals surface area contributed by atoms with Crippen molar-refractivity contribution in [2.24, 2.45) is 0 Å². The molecule has 2 nitrogen and oxygen atoms in total. The van der Waals surface area contributed by atoms with E-state index in [4.69, 9.17) is 0 Å². The van der Waals surface area contributed by atoms with Crippen LogP contribution in [0.2, 0.25) is 12.1 Å². The predicted molar refractivity (Wildman–Crippen MR) is 77.2 cm³/mol. The Labute approximate surface area is 104 Å². The van der Waals surface area contributed by atoms with Gasteiger partial charge in [0.05, 0.1) is 0 Å². The van der Waals surface area contributed by atoms with Gasteiger partial charge in [-0.2, -0.15) is 0 Å². The molecule has 0 amide bonds. The fourth-order valence-electron chi connectivity index (χ4n) is 2.84. The van der Waals surface area contributed by atoms with Crippen LogP contribution in [0.25, 0.3) is 0 Å². The summed E-state index contributed by atoms with van der Waals surface area (Å²) in [5.41, 5.74) is 0. The first kappa shape index (κ1) is 16.1. The molecule has 0 fully saturated rings. The Morgan fingerprint density at radius 3 is 1.69 bits per heavy atom. The van der Waals surface area contributed by atoms with Gasteiger partial charge in [0.25, 0.3) is 0 Å². The van der Waals surface area contributed by atoms with Gasteiger partial charge in [-0.3, -0.25) is 0 Å². The third-order valence-electron chi connectivity index (χ3n) is 3.77. The van der Waals surface area contributed by atoms with Crippen LogP contribution in [-0.2, 0) is 0 Å². The Morgan fingerprint density at radius 2 is 1.38 bits per heavy atom. The SMILES string of the molecule is CCCC[Si](CCC)(N(C)C)N(CC)CC. The molecular formula is C13H32N2Si. The van der Waals surface area contributed by atoms with Crippen molar-refractivity contribution in [3.8, 4) is 0 Å². The van der Waals surface area contributed by atoms with Gasteiger partial charge >= 0.3 is 0 Å². The first-order valence-corrected chi connectivity index (χ1v) is 9.32. The van der Waals surface area contributed by atoms with E-state index in [2.05, 4.69) is 50.9 Å². The molecular weight excluding hydrogens is 212 g/mol. The minimum absolute atomic E-state index is 1.21. The number of hydrogen-bond acceptors (Lipinski definition) is 2. The van der Waals surface area contributed by atoms with Crippen LogP contribution in [0.4, 0.5) is 0 Å². The molecule has 0 aromatic rings. The molecule has 0 N–H and O–H groups in total. The third-order valence-corrected chi connectivity index (χ3v) is 9.70. The Bertz CT molecular complexity index is 169. The summed E-state index contributed by atoms with van der Waals surface area (Å²) >= 11 is 0. The first-order valence-electron chi connectivity index (χ1n) is 7.01. The van der Waals surface area contributed by atoms with Crippen molar-refractivity contribution in [3.63, 3.8) is 0 Å². The van der Waals surface area contributed by atoms with E-state index >= 15 is 0 Å². The van der Waals surface area contributed by atoms with E-state index in [0.717, 1.165) is 0 Å². The fraction of sp³-hybridized carbons (Fsp3) is 1.00. The van der Waals surface area contributed by atoms with Crippen LogP contribution in [-0.4, -0.2) is 44.7 Å². The second kappa shape index (κ2) is 8.26. The largest absolute Gasteiger partial charge is 0.317 e. The minimum Gasteiger partial charge on any atom is -0.317 e. The molecule has 0 rings (SSSR count). The highest BCUT2D eigenvalue weighted by Gasteiger charge is 2.39. The molecule has 3 heteroatoms. The van der Waals surface area contributed by atoms with Crippen molar-refractivity contribution in [2.45, 2.75) is 59.0 Å². The van der Waals surface area contributed by atoms with Crippen LogP contribution < -0.4 is 0 Å². The highest BCUT2D eigenvalue weighted by atomic mass is 28.3. The first-order chi connectivity index (χ1) is 7.58. The van der Waals surface area contributed by atoms with Gasteiger partial charge in [-0.05, 0) is 39.3 Å². The molecule has 0 saturated heterocycles. The lowest BCUT2D eigenvalue weighted by Gasteiger charge is -2.46. The topological polar surface area (TPSA) is 6.48 Å². The second-order valence-electron chi connectivity index (χ2n) is 4.90. The van der Waals surface area contributed by atoms with Crippen LogP contribution in [0.3, 0.4) is 0 Å². The Kier molecular flexibility index (Phi) is 8.33. The van der Waals surface area contributed by atoms with Gasteiger partial charge in [-0.1, -0.05) is 47.0 Å². The van der Waals surface area contributed by atoms with E-state index in [1.54, 1.807) is 0 Å². The highest BCUT2D eigenvalue weighted by molar-refractivity contribution is 6.74. The van der Waals surface area contributed by atoms with Gasteiger partial charge in [-0.15, -0.1) is 0 Å². The molecule has 0 bridgehead atoms. The summed E-state index contributed by atoms with van der Waals surface area (Å²) in [5.74, 6) is 0. The van der Waals surface area contributed by atoms with Crippen molar-refractivity contribution in [2.75, 3.05) is 27.2 Å². The summed E-state index contributed by atoms with van der Waals surface area (Å²) in [6, 6.07) is 2.85. The Hall–Kier alpha value is 0.137. The standard InChI is InChI=1S/C13H32N2Si/c1-7-11-13-16(12-8-2,14(5)6)15(9-3)10-4/h7-13H2,1-6H3. The van der Waals surface area contributed by atoms with E-state index in [0.29, 0.717) is 0 Å². The molecule has 0 heterocycles. The lowest BCUT2D eigenvalue weighted by Crippen LogP contribution is -2.63. The summed E-state index contributed by atoms with van der Waals surface area (Å²) in [7, 11) is 3.25. The van der Waals surface area contributed by atoms with E-state index in [1.807, 2.05) is 0 Å². The summed E-state index contributed by atoms with van der Waals surface area (Å²) in [6.45, 7) is 11.7. The Balaban J connectivity index is 4.89. The van der Waals surface area contributed by atoms with Gasteiger partial charge < -0.3 is 9.13 Å². The molecule has 0 aliphatic carbocycles. The molecule has 98 valence electrons. The van der Waals surface area contributed by atoms with Gasteiger partial charge in [0.1, 0.15) is 0 Å². The molecule has 0 saturated carbocycles. The number of nitrogens with zero attached hydrogens (tertiary/aromatic N) is 2. The van der Waals surface area contributed by atoms with Crippen LogP contribution in [0, 0.1) is 0 Å². The predicted octanol–water partition coefficient (Wildman–Crippen LogP) is 3.54. The molecule has 0 aliphatic heterocycles. The van der Waals surface area contributed by atoms with Crippen molar-refractivity contribution in [3.05, 3.63) is 0 Å². The van der Waals surface area contributed by atoms with Crippen LogP contribution >= 0.6 is 0 Å².